The van der Waals surface area contributed by atoms with E-state index in [4.69, 9.17) is 15.3 Å². The van der Waals surface area contributed by atoms with Crippen LogP contribution in [-0.4, -0.2) is 17.0 Å². The standard InChI is InChI=1S/C8H10S.C2H4O2.CH5N3/c1-6-3-7(2)5-8(9)4-6;1-2(3)4;2-1(3)4/h3-5,9H,1-2H3;1H3,(H,3,4);(H5,2,3,4). The first kappa shape index (κ1) is 17.7. The number of nitrogens with one attached hydrogen (secondary N) is 1. The van der Waals surface area contributed by atoms with Gasteiger partial charge in [-0.3, -0.25) is 10.2 Å². The number of thiol groups is 1. The molecule has 0 aliphatic carbocycles. The minimum Gasteiger partial charge on any atom is -0.481 e. The van der Waals surface area contributed by atoms with E-state index in [1.54, 1.807) is 0 Å². The van der Waals surface area contributed by atoms with E-state index in [1.165, 1.54) is 11.1 Å². The summed E-state index contributed by atoms with van der Waals surface area (Å²) in [5.74, 6) is -1.17. The molecule has 0 fully saturated rings. The fourth-order valence-electron chi connectivity index (χ4n) is 0.951. The van der Waals surface area contributed by atoms with E-state index in [0.29, 0.717) is 0 Å². The molecule has 96 valence electrons. The molecular weight excluding hydrogens is 238 g/mol. The van der Waals surface area contributed by atoms with Crippen molar-refractivity contribution in [1.29, 1.82) is 5.41 Å². The molecule has 5 nitrogen and oxygen atoms in total. The van der Waals surface area contributed by atoms with Crippen LogP contribution in [0.15, 0.2) is 23.1 Å². The van der Waals surface area contributed by atoms with E-state index in [2.05, 4.69) is 56.1 Å². The summed E-state index contributed by atoms with van der Waals surface area (Å²) >= 11 is 4.22. The topological polar surface area (TPSA) is 113 Å². The molecule has 6 N–H and O–H groups in total. The molecule has 0 amide bonds. The van der Waals surface area contributed by atoms with Gasteiger partial charge < -0.3 is 16.6 Å². The first-order valence-electron chi connectivity index (χ1n) is 4.71. The first-order valence-corrected chi connectivity index (χ1v) is 5.16. The number of hydrogen-bond donors (Lipinski definition) is 5. The number of guanidine groups is 1. The van der Waals surface area contributed by atoms with Gasteiger partial charge in [0.05, 0.1) is 0 Å². The minimum atomic E-state index is -0.833. The van der Waals surface area contributed by atoms with Crippen molar-refractivity contribution in [3.05, 3.63) is 29.3 Å². The fourth-order valence-corrected chi connectivity index (χ4v) is 1.36. The highest BCUT2D eigenvalue weighted by molar-refractivity contribution is 7.80. The number of aryl methyl sites for hydroxylation is 2. The summed E-state index contributed by atoms with van der Waals surface area (Å²) in [4.78, 5) is 10.0. The zero-order valence-corrected chi connectivity index (χ0v) is 11.1. The smallest absolute Gasteiger partial charge is 0.300 e. The van der Waals surface area contributed by atoms with Crippen molar-refractivity contribution in [2.45, 2.75) is 25.7 Å². The number of nitrogens with two attached hydrogens (primary N) is 2. The number of carboxylic acid groups (broad SMARTS) is 1. The molecule has 0 spiro atoms. The lowest BCUT2D eigenvalue weighted by molar-refractivity contribution is -0.134. The molecule has 0 radical (unpaired) electrons. The predicted molar refractivity (Wildman–Crippen MR) is 72.6 cm³/mol. The number of carbonyl (C=O) groups is 1. The molecule has 0 aliphatic rings. The highest BCUT2D eigenvalue weighted by Crippen LogP contribution is 2.11. The van der Waals surface area contributed by atoms with Crippen LogP contribution >= 0.6 is 12.6 Å². The SMILES string of the molecule is CC(=O)O.Cc1cc(C)cc(S)c1.N=C(N)N. The lowest BCUT2D eigenvalue weighted by Crippen LogP contribution is -2.20. The van der Waals surface area contributed by atoms with Gasteiger partial charge in [0.15, 0.2) is 5.96 Å². The largest absolute Gasteiger partial charge is 0.481 e. The molecule has 0 saturated carbocycles. The first-order chi connectivity index (χ1) is 7.65. The van der Waals surface area contributed by atoms with Crippen molar-refractivity contribution in [2.24, 2.45) is 11.5 Å². The third-order valence-corrected chi connectivity index (χ3v) is 1.46. The van der Waals surface area contributed by atoms with Crippen molar-refractivity contribution < 1.29 is 9.90 Å². The van der Waals surface area contributed by atoms with Crippen molar-refractivity contribution >= 4 is 24.6 Å². The molecule has 0 bridgehead atoms. The summed E-state index contributed by atoms with van der Waals surface area (Å²) in [6, 6.07) is 6.24. The van der Waals surface area contributed by atoms with E-state index in [9.17, 15) is 0 Å². The molecule has 1 aromatic rings. The van der Waals surface area contributed by atoms with Crippen LogP contribution in [-0.2, 0) is 4.79 Å². The summed E-state index contributed by atoms with van der Waals surface area (Å²) in [6.45, 7) is 5.24. The molecule has 0 atom stereocenters. The maximum absolute atomic E-state index is 9.00. The Kier molecular flexibility index (Phi) is 9.92. The average Bonchev–Trinajstić information content (AvgIpc) is 1.96. The van der Waals surface area contributed by atoms with E-state index in [-0.39, 0.29) is 5.96 Å². The number of carboxylic acids is 1. The zero-order chi connectivity index (χ0) is 14.0. The van der Waals surface area contributed by atoms with Gasteiger partial charge in [-0.2, -0.15) is 0 Å². The summed E-state index contributed by atoms with van der Waals surface area (Å²) in [5.41, 5.74) is 11.5. The maximum Gasteiger partial charge on any atom is 0.300 e. The Balaban J connectivity index is 0. The molecule has 17 heavy (non-hydrogen) atoms. The normalized spacial score (nSPS) is 8.00. The number of benzene rings is 1. The van der Waals surface area contributed by atoms with Crippen LogP contribution in [0, 0.1) is 19.3 Å². The van der Waals surface area contributed by atoms with Gasteiger partial charge in [0, 0.05) is 11.8 Å². The Bertz CT molecular complexity index is 311. The summed E-state index contributed by atoms with van der Waals surface area (Å²) < 4.78 is 0. The molecule has 0 heterocycles. The second-order valence-corrected chi connectivity index (χ2v) is 3.84. The minimum absolute atomic E-state index is 0.333. The van der Waals surface area contributed by atoms with Gasteiger partial charge in [-0.25, -0.2) is 0 Å². The van der Waals surface area contributed by atoms with Crippen molar-refractivity contribution in [1.82, 2.24) is 0 Å². The van der Waals surface area contributed by atoms with Crippen LogP contribution in [0.3, 0.4) is 0 Å². The van der Waals surface area contributed by atoms with Crippen LogP contribution in [0.1, 0.15) is 18.1 Å². The Morgan fingerprint density at radius 3 is 1.65 bits per heavy atom. The van der Waals surface area contributed by atoms with E-state index < -0.39 is 5.97 Å². The van der Waals surface area contributed by atoms with Crippen LogP contribution in [0.4, 0.5) is 0 Å². The molecule has 6 heteroatoms. The van der Waals surface area contributed by atoms with Crippen LogP contribution < -0.4 is 11.5 Å². The highest BCUT2D eigenvalue weighted by Gasteiger charge is 1.88. The van der Waals surface area contributed by atoms with Gasteiger partial charge in [0.2, 0.25) is 0 Å². The molecular formula is C11H19N3O2S. The van der Waals surface area contributed by atoms with Gasteiger partial charge in [-0.15, -0.1) is 12.6 Å². The Labute approximate surface area is 107 Å². The van der Waals surface area contributed by atoms with Gasteiger partial charge in [0.25, 0.3) is 5.97 Å². The van der Waals surface area contributed by atoms with E-state index >= 15 is 0 Å². The monoisotopic (exact) mass is 257 g/mol. The maximum atomic E-state index is 9.00. The molecule has 0 aromatic heterocycles. The molecule has 0 unspecified atom stereocenters. The van der Waals surface area contributed by atoms with Gasteiger partial charge >= 0.3 is 0 Å². The number of hydrogen-bond acceptors (Lipinski definition) is 3. The summed E-state index contributed by atoms with van der Waals surface area (Å²) in [5, 5.41) is 13.5. The van der Waals surface area contributed by atoms with Crippen molar-refractivity contribution in [3.8, 4) is 0 Å². The highest BCUT2D eigenvalue weighted by atomic mass is 32.1. The number of aliphatic carboxylic acids is 1. The van der Waals surface area contributed by atoms with E-state index in [1.807, 2.05) is 0 Å². The third-order valence-electron chi connectivity index (χ3n) is 1.21. The second kappa shape index (κ2) is 9.53. The van der Waals surface area contributed by atoms with Gasteiger partial charge in [-0.1, -0.05) is 6.07 Å². The molecule has 0 saturated heterocycles. The summed E-state index contributed by atoms with van der Waals surface area (Å²) in [6.07, 6.45) is 0. The Hall–Kier alpha value is -1.69. The zero-order valence-electron chi connectivity index (χ0n) is 10.2. The van der Waals surface area contributed by atoms with Gasteiger partial charge in [-0.05, 0) is 37.1 Å². The molecule has 1 aromatic carbocycles. The van der Waals surface area contributed by atoms with E-state index in [0.717, 1.165) is 11.8 Å². The predicted octanol–water partition coefficient (Wildman–Crippen LogP) is 1.52. The van der Waals surface area contributed by atoms with Crippen LogP contribution in [0.25, 0.3) is 0 Å². The fraction of sp³-hybridized carbons (Fsp3) is 0.273. The second-order valence-electron chi connectivity index (χ2n) is 3.32. The Morgan fingerprint density at radius 1 is 1.24 bits per heavy atom. The lowest BCUT2D eigenvalue weighted by atomic mass is 10.2. The molecule has 1 rings (SSSR count). The lowest BCUT2D eigenvalue weighted by Gasteiger charge is -1.96. The third kappa shape index (κ3) is 20.4. The van der Waals surface area contributed by atoms with Crippen LogP contribution in [0.5, 0.6) is 0 Å². The number of rotatable bonds is 0. The quantitative estimate of drug-likeness (QED) is 0.275. The van der Waals surface area contributed by atoms with Crippen molar-refractivity contribution in [3.63, 3.8) is 0 Å². The molecule has 0 aliphatic heterocycles. The summed E-state index contributed by atoms with van der Waals surface area (Å²) in [7, 11) is 0. The Morgan fingerprint density at radius 2 is 1.47 bits per heavy atom. The van der Waals surface area contributed by atoms with Gasteiger partial charge in [0.1, 0.15) is 0 Å². The van der Waals surface area contributed by atoms with Crippen molar-refractivity contribution in [2.75, 3.05) is 0 Å². The van der Waals surface area contributed by atoms with Crippen LogP contribution in [0.2, 0.25) is 0 Å². The average molecular weight is 257 g/mol.